The predicted molar refractivity (Wildman–Crippen MR) is 88.8 cm³/mol. The number of rotatable bonds is 2. The van der Waals surface area contributed by atoms with Crippen LogP contribution in [0.3, 0.4) is 0 Å². The Balaban J connectivity index is 1.86. The van der Waals surface area contributed by atoms with Crippen molar-refractivity contribution in [3.05, 3.63) is 53.4 Å². The van der Waals surface area contributed by atoms with Crippen molar-refractivity contribution < 1.29 is 13.6 Å². The smallest absolute Gasteiger partial charge is 0.322 e. The maximum atomic E-state index is 13.8. The Bertz CT molecular complexity index is 770. The first-order chi connectivity index (χ1) is 11.4. The summed E-state index contributed by atoms with van der Waals surface area (Å²) in [4.78, 5) is 14.4. The number of halogens is 2. The van der Waals surface area contributed by atoms with Gasteiger partial charge in [-0.25, -0.2) is 13.6 Å². The molecule has 0 spiro atoms. The Morgan fingerprint density at radius 1 is 1.21 bits per heavy atom. The van der Waals surface area contributed by atoms with Gasteiger partial charge in [0.2, 0.25) is 0 Å². The first-order valence-electron chi connectivity index (χ1n) is 8.07. The van der Waals surface area contributed by atoms with Gasteiger partial charge in [0, 0.05) is 30.5 Å². The van der Waals surface area contributed by atoms with E-state index in [4.69, 9.17) is 0 Å². The van der Waals surface area contributed by atoms with Crippen molar-refractivity contribution in [2.75, 3.05) is 11.9 Å². The summed E-state index contributed by atoms with van der Waals surface area (Å²) in [7, 11) is 0. The van der Waals surface area contributed by atoms with Crippen LogP contribution in [0, 0.1) is 24.5 Å². The second-order valence-corrected chi connectivity index (χ2v) is 6.49. The monoisotopic (exact) mass is 333 g/mol. The Hall–Kier alpha value is -2.37. The number of anilines is 1. The Labute approximate surface area is 140 Å². The number of urea groups is 1. The molecule has 4 nitrogen and oxygen atoms in total. The molecule has 2 heterocycles. The van der Waals surface area contributed by atoms with Crippen LogP contribution in [-0.4, -0.2) is 22.0 Å². The zero-order valence-electron chi connectivity index (χ0n) is 14.0. The van der Waals surface area contributed by atoms with Crippen LogP contribution >= 0.6 is 0 Å². The largest absolute Gasteiger partial charge is 0.345 e. The summed E-state index contributed by atoms with van der Waals surface area (Å²) >= 11 is 0. The number of aryl methyl sites for hydroxylation is 1. The average Bonchev–Trinajstić information content (AvgIpc) is 2.90. The Morgan fingerprint density at radius 3 is 2.62 bits per heavy atom. The summed E-state index contributed by atoms with van der Waals surface area (Å²) in [5, 5.41) is 2.57. The van der Waals surface area contributed by atoms with E-state index in [1.54, 1.807) is 4.90 Å². The molecule has 0 saturated heterocycles. The van der Waals surface area contributed by atoms with Gasteiger partial charge in [0.1, 0.15) is 11.6 Å². The molecule has 1 aromatic carbocycles. The first-order valence-corrected chi connectivity index (χ1v) is 8.07. The molecule has 0 aliphatic carbocycles. The van der Waals surface area contributed by atoms with Gasteiger partial charge < -0.3 is 14.8 Å². The van der Waals surface area contributed by atoms with Gasteiger partial charge in [-0.15, -0.1) is 0 Å². The molecule has 1 aliphatic heterocycles. The van der Waals surface area contributed by atoms with E-state index in [2.05, 4.69) is 23.7 Å². The van der Waals surface area contributed by atoms with E-state index in [0.29, 0.717) is 13.1 Å². The lowest BCUT2D eigenvalue weighted by Crippen LogP contribution is -2.46. The summed E-state index contributed by atoms with van der Waals surface area (Å²) in [5.41, 5.74) is 2.24. The van der Waals surface area contributed by atoms with Crippen molar-refractivity contribution in [1.29, 1.82) is 0 Å². The lowest BCUT2D eigenvalue weighted by molar-refractivity contribution is 0.143. The number of fused-ring (bicyclic) bond motifs is 1. The molecule has 1 atom stereocenters. The lowest BCUT2D eigenvalue weighted by atomic mass is 9.97. The molecule has 1 aliphatic rings. The van der Waals surface area contributed by atoms with E-state index in [1.165, 1.54) is 11.8 Å². The highest BCUT2D eigenvalue weighted by Crippen LogP contribution is 2.34. The SMILES string of the molecule is Cc1ccc2n1CCN(C(=O)Nc1ccc(F)cc1F)[C@@H]2C(C)C. The molecule has 1 N–H and O–H groups in total. The zero-order chi connectivity index (χ0) is 17.4. The molecule has 0 unspecified atom stereocenters. The molecule has 0 bridgehead atoms. The standard InChI is InChI=1S/C18H21F2N3O/c1-11(2)17-16-7-4-12(3)22(16)8-9-23(17)18(24)21-15-6-5-13(19)10-14(15)20/h4-7,10-11,17H,8-9H2,1-3H3,(H,21,24)/t17-/m1/s1. The quantitative estimate of drug-likeness (QED) is 0.873. The van der Waals surface area contributed by atoms with Gasteiger partial charge >= 0.3 is 6.03 Å². The third kappa shape index (κ3) is 2.88. The van der Waals surface area contributed by atoms with E-state index >= 15 is 0 Å². The zero-order valence-corrected chi connectivity index (χ0v) is 14.0. The van der Waals surface area contributed by atoms with Gasteiger partial charge in [-0.05, 0) is 37.1 Å². The fourth-order valence-electron chi connectivity index (χ4n) is 3.37. The molecule has 6 heteroatoms. The fraction of sp³-hybridized carbons (Fsp3) is 0.389. The van der Waals surface area contributed by atoms with Crippen LogP contribution < -0.4 is 5.32 Å². The van der Waals surface area contributed by atoms with Crippen LogP contribution in [0.15, 0.2) is 30.3 Å². The van der Waals surface area contributed by atoms with E-state index in [1.807, 2.05) is 19.1 Å². The first kappa shape index (κ1) is 16.5. The van der Waals surface area contributed by atoms with Crippen molar-refractivity contribution in [3.8, 4) is 0 Å². The third-order valence-corrected chi connectivity index (χ3v) is 4.50. The molecule has 0 radical (unpaired) electrons. The molecule has 2 amide bonds. The second-order valence-electron chi connectivity index (χ2n) is 6.49. The van der Waals surface area contributed by atoms with E-state index in [9.17, 15) is 13.6 Å². The molecule has 1 aromatic heterocycles. The molecular weight excluding hydrogens is 312 g/mol. The number of hydrogen-bond donors (Lipinski definition) is 1. The van der Waals surface area contributed by atoms with Crippen molar-refractivity contribution >= 4 is 11.7 Å². The molecule has 3 rings (SSSR count). The minimum Gasteiger partial charge on any atom is -0.345 e. The van der Waals surface area contributed by atoms with Crippen LogP contribution in [0.1, 0.15) is 31.3 Å². The maximum Gasteiger partial charge on any atom is 0.322 e. The predicted octanol–water partition coefficient (Wildman–Crippen LogP) is 4.32. The molecule has 24 heavy (non-hydrogen) atoms. The number of nitrogens with one attached hydrogen (secondary N) is 1. The van der Waals surface area contributed by atoms with Gasteiger partial charge in [0.05, 0.1) is 11.7 Å². The van der Waals surface area contributed by atoms with Crippen molar-refractivity contribution in [2.24, 2.45) is 5.92 Å². The van der Waals surface area contributed by atoms with Crippen LogP contribution in [-0.2, 0) is 6.54 Å². The molecular formula is C18H21F2N3O. The Kier molecular flexibility index (Phi) is 4.30. The second kappa shape index (κ2) is 6.26. The number of nitrogens with zero attached hydrogens (tertiary/aromatic N) is 2. The third-order valence-electron chi connectivity index (χ3n) is 4.50. The number of amides is 2. The van der Waals surface area contributed by atoms with Crippen molar-refractivity contribution in [1.82, 2.24) is 9.47 Å². The highest BCUT2D eigenvalue weighted by atomic mass is 19.1. The van der Waals surface area contributed by atoms with E-state index in [-0.39, 0.29) is 23.7 Å². The van der Waals surface area contributed by atoms with Crippen molar-refractivity contribution in [2.45, 2.75) is 33.4 Å². The van der Waals surface area contributed by atoms with Gasteiger partial charge in [-0.1, -0.05) is 13.8 Å². The molecule has 2 aromatic rings. The summed E-state index contributed by atoms with van der Waals surface area (Å²) in [6.45, 7) is 7.41. The number of carbonyl (C=O) groups excluding carboxylic acids is 1. The summed E-state index contributed by atoms with van der Waals surface area (Å²) in [6, 6.07) is 6.76. The molecule has 0 fully saturated rings. The molecule has 128 valence electrons. The number of carbonyl (C=O) groups is 1. The summed E-state index contributed by atoms with van der Waals surface area (Å²) in [6.07, 6.45) is 0. The Morgan fingerprint density at radius 2 is 1.96 bits per heavy atom. The minimum atomic E-state index is -0.777. The van der Waals surface area contributed by atoms with Crippen molar-refractivity contribution in [3.63, 3.8) is 0 Å². The minimum absolute atomic E-state index is 0.0129. The highest BCUT2D eigenvalue weighted by Gasteiger charge is 2.33. The van der Waals surface area contributed by atoms with Gasteiger partial charge in [-0.2, -0.15) is 0 Å². The van der Waals surface area contributed by atoms with Gasteiger partial charge in [0.15, 0.2) is 0 Å². The lowest BCUT2D eigenvalue weighted by Gasteiger charge is -2.39. The van der Waals surface area contributed by atoms with Crippen LogP contribution in [0.25, 0.3) is 0 Å². The number of benzene rings is 1. The van der Waals surface area contributed by atoms with Gasteiger partial charge in [-0.3, -0.25) is 0 Å². The van der Waals surface area contributed by atoms with Gasteiger partial charge in [0.25, 0.3) is 0 Å². The molecule has 0 saturated carbocycles. The van der Waals surface area contributed by atoms with E-state index in [0.717, 1.165) is 17.8 Å². The van der Waals surface area contributed by atoms with Crippen LogP contribution in [0.2, 0.25) is 0 Å². The van der Waals surface area contributed by atoms with E-state index < -0.39 is 11.6 Å². The maximum absolute atomic E-state index is 13.8. The number of aromatic nitrogens is 1. The van der Waals surface area contributed by atoms with Crippen LogP contribution in [0.5, 0.6) is 0 Å². The summed E-state index contributed by atoms with van der Waals surface area (Å²) < 4.78 is 29.0. The fourth-order valence-corrected chi connectivity index (χ4v) is 3.37. The summed E-state index contributed by atoms with van der Waals surface area (Å²) in [5.74, 6) is -1.24. The average molecular weight is 333 g/mol. The number of hydrogen-bond acceptors (Lipinski definition) is 1. The topological polar surface area (TPSA) is 37.3 Å². The van der Waals surface area contributed by atoms with Crippen LogP contribution in [0.4, 0.5) is 19.3 Å². The normalized spacial score (nSPS) is 17.1. The highest BCUT2D eigenvalue weighted by molar-refractivity contribution is 5.89.